The molecule has 0 saturated carbocycles. The van der Waals surface area contributed by atoms with Crippen molar-refractivity contribution in [2.75, 3.05) is 20.0 Å². The smallest absolute Gasteiger partial charge is 0.146 e. The Morgan fingerprint density at radius 1 is 1.40 bits per heavy atom. The molecule has 58 valence electrons. The first-order chi connectivity index (χ1) is 4.93. The monoisotopic (exact) mass is 142 g/mol. The lowest BCUT2D eigenvalue weighted by Gasteiger charge is -2.21. The van der Waals surface area contributed by atoms with Crippen LogP contribution in [0.5, 0.6) is 0 Å². The highest BCUT2D eigenvalue weighted by Gasteiger charge is 2.12. The molecule has 0 amide bonds. The van der Waals surface area contributed by atoms with Crippen molar-refractivity contribution in [1.29, 1.82) is 0 Å². The normalized spacial score (nSPS) is 20.8. The molecule has 1 aliphatic rings. The average molecular weight is 142 g/mol. The molecule has 0 N–H and O–H groups in total. The van der Waals surface area contributed by atoms with Gasteiger partial charge in [0, 0.05) is 5.92 Å². The van der Waals surface area contributed by atoms with Gasteiger partial charge in [0.05, 0.1) is 13.2 Å². The van der Waals surface area contributed by atoms with Crippen LogP contribution in [0.25, 0.3) is 0 Å². The highest BCUT2D eigenvalue weighted by Crippen LogP contribution is 2.11. The molecule has 0 atom stereocenters. The Balaban J connectivity index is 2.07. The molecule has 0 unspecified atom stereocenters. The van der Waals surface area contributed by atoms with Crippen LogP contribution in [0.3, 0.4) is 0 Å². The lowest BCUT2D eigenvalue weighted by atomic mass is 10.1. The summed E-state index contributed by atoms with van der Waals surface area (Å²) in [7, 11) is 0. The van der Waals surface area contributed by atoms with Crippen LogP contribution in [0.4, 0.5) is 0 Å². The Labute approximate surface area is 61.8 Å². The third kappa shape index (κ3) is 2.50. The molecule has 10 heavy (non-hydrogen) atoms. The van der Waals surface area contributed by atoms with E-state index in [1.54, 1.807) is 0 Å². The zero-order valence-electron chi connectivity index (χ0n) is 6.21. The van der Waals surface area contributed by atoms with Gasteiger partial charge in [-0.25, -0.2) is 0 Å². The Morgan fingerprint density at radius 3 is 2.70 bits per heavy atom. The second-order valence-electron chi connectivity index (χ2n) is 2.59. The van der Waals surface area contributed by atoms with Gasteiger partial charge in [0.2, 0.25) is 0 Å². The van der Waals surface area contributed by atoms with Gasteiger partial charge < -0.3 is 9.47 Å². The number of rotatable bonds is 3. The van der Waals surface area contributed by atoms with Crippen LogP contribution in [-0.2, 0) is 9.47 Å². The minimum Gasteiger partial charge on any atom is -0.355 e. The first-order valence-corrected chi connectivity index (χ1v) is 3.70. The molecule has 0 bridgehead atoms. The molecule has 0 aromatic rings. The van der Waals surface area contributed by atoms with Gasteiger partial charge in [-0.2, -0.15) is 0 Å². The van der Waals surface area contributed by atoms with Crippen molar-refractivity contribution in [3.63, 3.8) is 0 Å². The first kappa shape index (κ1) is 7.76. The third-order valence-electron chi connectivity index (χ3n) is 1.65. The summed E-state index contributed by atoms with van der Waals surface area (Å²) in [6, 6.07) is 0. The van der Waals surface area contributed by atoms with Crippen molar-refractivity contribution in [2.24, 2.45) is 5.92 Å². The Kier molecular flexibility index (Phi) is 3.47. The highest BCUT2D eigenvalue weighted by molar-refractivity contribution is 4.70. The van der Waals surface area contributed by atoms with E-state index in [2.05, 4.69) is 6.58 Å². The van der Waals surface area contributed by atoms with Gasteiger partial charge in [0.25, 0.3) is 0 Å². The SMILES string of the molecule is C=CCCC1COCOC1. The third-order valence-corrected chi connectivity index (χ3v) is 1.65. The molecular formula is C8H14O2. The summed E-state index contributed by atoms with van der Waals surface area (Å²) in [5, 5.41) is 0. The van der Waals surface area contributed by atoms with Gasteiger partial charge in [0.1, 0.15) is 6.79 Å². The average Bonchev–Trinajstić information content (AvgIpc) is 2.03. The summed E-state index contributed by atoms with van der Waals surface area (Å²) in [5.41, 5.74) is 0. The molecule has 0 aliphatic carbocycles. The van der Waals surface area contributed by atoms with Crippen molar-refractivity contribution in [3.05, 3.63) is 12.7 Å². The molecule has 0 spiro atoms. The van der Waals surface area contributed by atoms with E-state index in [1.807, 2.05) is 6.08 Å². The number of allylic oxidation sites excluding steroid dienone is 1. The van der Waals surface area contributed by atoms with Crippen LogP contribution in [0.2, 0.25) is 0 Å². The van der Waals surface area contributed by atoms with Crippen LogP contribution in [0, 0.1) is 5.92 Å². The maximum absolute atomic E-state index is 5.12. The van der Waals surface area contributed by atoms with Gasteiger partial charge >= 0.3 is 0 Å². The van der Waals surface area contributed by atoms with E-state index in [-0.39, 0.29) is 0 Å². The quantitative estimate of drug-likeness (QED) is 0.557. The Hall–Kier alpha value is -0.340. The summed E-state index contributed by atoms with van der Waals surface area (Å²) in [6.07, 6.45) is 4.15. The van der Waals surface area contributed by atoms with Crippen LogP contribution < -0.4 is 0 Å². The van der Waals surface area contributed by atoms with Crippen molar-refractivity contribution in [3.8, 4) is 0 Å². The fourth-order valence-electron chi connectivity index (χ4n) is 1.06. The molecule has 2 nitrogen and oxygen atoms in total. The van der Waals surface area contributed by atoms with E-state index >= 15 is 0 Å². The molecule has 1 rings (SSSR count). The predicted octanol–water partition coefficient (Wildman–Crippen LogP) is 1.57. The van der Waals surface area contributed by atoms with Gasteiger partial charge in [-0.05, 0) is 12.8 Å². The van der Waals surface area contributed by atoms with E-state index in [1.165, 1.54) is 0 Å². The van der Waals surface area contributed by atoms with Crippen LogP contribution in [0.15, 0.2) is 12.7 Å². The zero-order valence-corrected chi connectivity index (χ0v) is 6.21. The standard InChI is InChI=1S/C8H14O2/c1-2-3-4-8-5-9-7-10-6-8/h2,8H,1,3-7H2. The Morgan fingerprint density at radius 2 is 2.10 bits per heavy atom. The molecule has 0 aromatic carbocycles. The van der Waals surface area contributed by atoms with Crippen LogP contribution in [0.1, 0.15) is 12.8 Å². The second kappa shape index (κ2) is 4.47. The lowest BCUT2D eigenvalue weighted by molar-refractivity contribution is -0.126. The molecule has 1 saturated heterocycles. The largest absolute Gasteiger partial charge is 0.355 e. The van der Waals surface area contributed by atoms with Gasteiger partial charge in [-0.1, -0.05) is 6.08 Å². The van der Waals surface area contributed by atoms with E-state index < -0.39 is 0 Å². The molecule has 1 fully saturated rings. The number of hydrogen-bond acceptors (Lipinski definition) is 2. The van der Waals surface area contributed by atoms with Crippen molar-refractivity contribution < 1.29 is 9.47 Å². The minimum atomic E-state index is 0.477. The van der Waals surface area contributed by atoms with Gasteiger partial charge in [-0.15, -0.1) is 6.58 Å². The molecule has 0 radical (unpaired) electrons. The maximum atomic E-state index is 5.12. The first-order valence-electron chi connectivity index (χ1n) is 3.70. The maximum Gasteiger partial charge on any atom is 0.146 e. The number of ether oxygens (including phenoxy) is 2. The minimum absolute atomic E-state index is 0.477. The summed E-state index contributed by atoms with van der Waals surface area (Å²) < 4.78 is 10.2. The summed E-state index contributed by atoms with van der Waals surface area (Å²) in [6.45, 7) is 5.85. The Bertz CT molecular complexity index is 95.4. The molecule has 1 aliphatic heterocycles. The van der Waals surface area contributed by atoms with Crippen molar-refractivity contribution in [2.45, 2.75) is 12.8 Å². The van der Waals surface area contributed by atoms with E-state index in [0.29, 0.717) is 12.7 Å². The highest BCUT2D eigenvalue weighted by atomic mass is 16.7. The topological polar surface area (TPSA) is 18.5 Å². The second-order valence-corrected chi connectivity index (χ2v) is 2.59. The molecule has 0 aromatic heterocycles. The van der Waals surface area contributed by atoms with Gasteiger partial charge in [-0.3, -0.25) is 0 Å². The van der Waals surface area contributed by atoms with Crippen molar-refractivity contribution >= 4 is 0 Å². The van der Waals surface area contributed by atoms with Gasteiger partial charge in [0.15, 0.2) is 0 Å². The van der Waals surface area contributed by atoms with Crippen LogP contribution in [-0.4, -0.2) is 20.0 Å². The lowest BCUT2D eigenvalue weighted by Crippen LogP contribution is -2.23. The molecule has 1 heterocycles. The van der Waals surface area contributed by atoms with Crippen molar-refractivity contribution in [1.82, 2.24) is 0 Å². The fourth-order valence-corrected chi connectivity index (χ4v) is 1.06. The molecule has 2 heteroatoms. The van der Waals surface area contributed by atoms with E-state index in [9.17, 15) is 0 Å². The predicted molar refractivity (Wildman–Crippen MR) is 39.7 cm³/mol. The zero-order chi connectivity index (χ0) is 7.23. The number of hydrogen-bond donors (Lipinski definition) is 0. The summed E-state index contributed by atoms with van der Waals surface area (Å²) in [5.74, 6) is 0.590. The van der Waals surface area contributed by atoms with E-state index in [0.717, 1.165) is 26.1 Å². The summed E-state index contributed by atoms with van der Waals surface area (Å²) in [4.78, 5) is 0. The van der Waals surface area contributed by atoms with E-state index in [4.69, 9.17) is 9.47 Å². The molecular weight excluding hydrogens is 128 g/mol. The van der Waals surface area contributed by atoms with Crippen LogP contribution >= 0.6 is 0 Å². The fraction of sp³-hybridized carbons (Fsp3) is 0.750. The summed E-state index contributed by atoms with van der Waals surface area (Å²) >= 11 is 0.